The molecule has 106 valence electrons. The van der Waals surface area contributed by atoms with E-state index in [1.54, 1.807) is 7.11 Å². The van der Waals surface area contributed by atoms with Crippen LogP contribution in [0, 0.1) is 5.92 Å². The molecule has 1 aromatic rings. The van der Waals surface area contributed by atoms with Gasteiger partial charge in [0.15, 0.2) is 0 Å². The molecule has 0 aliphatic carbocycles. The summed E-state index contributed by atoms with van der Waals surface area (Å²) in [5, 5.41) is 0.812. The molecular formula is C15H23ClN2O. The highest BCUT2D eigenvalue weighted by molar-refractivity contribution is 6.31. The number of ether oxygens (including phenoxy) is 1. The molecule has 1 saturated heterocycles. The molecule has 2 N–H and O–H groups in total. The van der Waals surface area contributed by atoms with Gasteiger partial charge in [-0.05, 0) is 36.9 Å². The van der Waals surface area contributed by atoms with Gasteiger partial charge in [0, 0.05) is 31.3 Å². The van der Waals surface area contributed by atoms with Crippen molar-refractivity contribution in [2.24, 2.45) is 11.7 Å². The second kappa shape index (κ2) is 7.25. The van der Waals surface area contributed by atoms with Crippen molar-refractivity contribution in [3.63, 3.8) is 0 Å². The molecule has 0 radical (unpaired) electrons. The zero-order valence-electron chi connectivity index (χ0n) is 11.5. The fraction of sp³-hybridized carbons (Fsp3) is 0.600. The maximum atomic E-state index is 6.31. The first kappa shape index (κ1) is 14.8. The number of piperidine rings is 1. The Hall–Kier alpha value is -0.610. The molecule has 1 heterocycles. The zero-order valence-corrected chi connectivity index (χ0v) is 12.3. The fourth-order valence-corrected chi connectivity index (χ4v) is 3.23. The van der Waals surface area contributed by atoms with Crippen molar-refractivity contribution >= 4 is 11.6 Å². The number of methoxy groups -OCH3 is 1. The molecule has 1 aliphatic rings. The summed E-state index contributed by atoms with van der Waals surface area (Å²) in [5.74, 6) is 0.607. The van der Waals surface area contributed by atoms with E-state index in [0.717, 1.165) is 30.3 Å². The average Bonchev–Trinajstić information content (AvgIpc) is 2.43. The first-order valence-corrected chi connectivity index (χ1v) is 7.31. The van der Waals surface area contributed by atoms with Crippen LogP contribution in [-0.4, -0.2) is 38.3 Å². The molecule has 0 aromatic heterocycles. The molecule has 19 heavy (non-hydrogen) atoms. The number of nitrogens with two attached hydrogens (primary N) is 1. The lowest BCUT2D eigenvalue weighted by atomic mass is 9.95. The monoisotopic (exact) mass is 282 g/mol. The minimum atomic E-state index is 0.216. The molecule has 0 amide bonds. The smallest absolute Gasteiger partial charge is 0.0502 e. The van der Waals surface area contributed by atoms with E-state index in [-0.39, 0.29) is 6.04 Å². The third-order valence-electron chi connectivity index (χ3n) is 3.88. The van der Waals surface area contributed by atoms with E-state index in [0.29, 0.717) is 12.5 Å². The van der Waals surface area contributed by atoms with Crippen molar-refractivity contribution in [1.29, 1.82) is 0 Å². The van der Waals surface area contributed by atoms with Crippen LogP contribution in [0.3, 0.4) is 0 Å². The predicted octanol–water partition coefficient (Wildman–Crippen LogP) is 2.70. The number of benzene rings is 1. The van der Waals surface area contributed by atoms with Crippen LogP contribution < -0.4 is 5.73 Å². The van der Waals surface area contributed by atoms with Gasteiger partial charge < -0.3 is 10.5 Å². The molecule has 1 fully saturated rings. The lowest BCUT2D eigenvalue weighted by molar-refractivity contribution is 0.0697. The largest absolute Gasteiger partial charge is 0.384 e. The van der Waals surface area contributed by atoms with Crippen LogP contribution in [0.2, 0.25) is 5.02 Å². The van der Waals surface area contributed by atoms with Crippen molar-refractivity contribution in [3.8, 4) is 0 Å². The maximum Gasteiger partial charge on any atom is 0.0502 e. The Morgan fingerprint density at radius 3 is 2.95 bits per heavy atom. The van der Waals surface area contributed by atoms with Gasteiger partial charge in [-0.25, -0.2) is 0 Å². The Morgan fingerprint density at radius 2 is 2.26 bits per heavy atom. The summed E-state index contributed by atoms with van der Waals surface area (Å²) in [5.41, 5.74) is 7.14. The Balaban J connectivity index is 2.11. The third-order valence-corrected chi connectivity index (χ3v) is 4.23. The van der Waals surface area contributed by atoms with Crippen molar-refractivity contribution in [3.05, 3.63) is 34.9 Å². The molecule has 0 saturated carbocycles. The molecule has 2 atom stereocenters. The fourth-order valence-electron chi connectivity index (χ4n) is 2.97. The summed E-state index contributed by atoms with van der Waals surface area (Å²) in [7, 11) is 1.77. The quantitative estimate of drug-likeness (QED) is 0.902. The van der Waals surface area contributed by atoms with Crippen LogP contribution in [0.5, 0.6) is 0 Å². The second-order valence-electron chi connectivity index (χ2n) is 5.23. The van der Waals surface area contributed by atoms with Crippen LogP contribution in [0.25, 0.3) is 0 Å². The first-order valence-electron chi connectivity index (χ1n) is 6.93. The number of likely N-dealkylation sites (tertiary alicyclic amines) is 1. The second-order valence-corrected chi connectivity index (χ2v) is 5.64. The molecular weight excluding hydrogens is 260 g/mol. The van der Waals surface area contributed by atoms with Crippen molar-refractivity contribution in [1.82, 2.24) is 4.90 Å². The molecule has 0 spiro atoms. The Bertz CT molecular complexity index is 397. The van der Waals surface area contributed by atoms with Crippen molar-refractivity contribution in [2.45, 2.75) is 18.9 Å². The van der Waals surface area contributed by atoms with Gasteiger partial charge in [-0.1, -0.05) is 29.8 Å². The normalized spacial score (nSPS) is 22.4. The number of hydrogen-bond acceptors (Lipinski definition) is 3. The van der Waals surface area contributed by atoms with E-state index in [2.05, 4.69) is 11.0 Å². The van der Waals surface area contributed by atoms with E-state index in [4.69, 9.17) is 22.1 Å². The molecule has 4 heteroatoms. The Kier molecular flexibility index (Phi) is 5.64. The van der Waals surface area contributed by atoms with E-state index in [9.17, 15) is 0 Å². The Morgan fingerprint density at radius 1 is 1.47 bits per heavy atom. The topological polar surface area (TPSA) is 38.5 Å². The Labute approximate surface area is 120 Å². The number of halogens is 1. The van der Waals surface area contributed by atoms with Crippen LogP contribution in [0.4, 0.5) is 0 Å². The minimum Gasteiger partial charge on any atom is -0.384 e. The van der Waals surface area contributed by atoms with Gasteiger partial charge in [0.2, 0.25) is 0 Å². The molecule has 2 rings (SSSR count). The maximum absolute atomic E-state index is 6.31. The SMILES string of the molecule is COCC1CCCN(C(CN)c2ccccc2Cl)C1. The van der Waals surface area contributed by atoms with Gasteiger partial charge in [-0.3, -0.25) is 4.90 Å². The minimum absolute atomic E-state index is 0.216. The summed E-state index contributed by atoms with van der Waals surface area (Å²) >= 11 is 6.31. The number of rotatable bonds is 5. The summed E-state index contributed by atoms with van der Waals surface area (Å²) in [6, 6.07) is 8.23. The summed E-state index contributed by atoms with van der Waals surface area (Å²) in [6.45, 7) is 3.56. The van der Waals surface area contributed by atoms with E-state index >= 15 is 0 Å². The van der Waals surface area contributed by atoms with Crippen LogP contribution in [0.15, 0.2) is 24.3 Å². The van der Waals surface area contributed by atoms with Gasteiger partial charge >= 0.3 is 0 Å². The summed E-state index contributed by atoms with van der Waals surface area (Å²) in [6.07, 6.45) is 2.44. The molecule has 1 aromatic carbocycles. The van der Waals surface area contributed by atoms with Crippen LogP contribution in [-0.2, 0) is 4.74 Å². The summed E-state index contributed by atoms with van der Waals surface area (Å²) in [4.78, 5) is 2.45. The summed E-state index contributed by atoms with van der Waals surface area (Å²) < 4.78 is 5.29. The lowest BCUT2D eigenvalue weighted by Gasteiger charge is -2.38. The van der Waals surface area contributed by atoms with Crippen LogP contribution >= 0.6 is 11.6 Å². The van der Waals surface area contributed by atoms with E-state index in [1.165, 1.54) is 12.8 Å². The van der Waals surface area contributed by atoms with Gasteiger partial charge in [-0.2, -0.15) is 0 Å². The highest BCUT2D eigenvalue weighted by Gasteiger charge is 2.27. The molecule has 0 bridgehead atoms. The highest BCUT2D eigenvalue weighted by atomic mass is 35.5. The van der Waals surface area contributed by atoms with Gasteiger partial charge in [0.05, 0.1) is 6.61 Å². The van der Waals surface area contributed by atoms with E-state index < -0.39 is 0 Å². The first-order chi connectivity index (χ1) is 9.26. The van der Waals surface area contributed by atoms with Gasteiger partial charge in [0.1, 0.15) is 0 Å². The third kappa shape index (κ3) is 3.69. The lowest BCUT2D eigenvalue weighted by Crippen LogP contribution is -2.42. The van der Waals surface area contributed by atoms with E-state index in [1.807, 2.05) is 18.2 Å². The number of nitrogens with zero attached hydrogens (tertiary/aromatic N) is 1. The highest BCUT2D eigenvalue weighted by Crippen LogP contribution is 2.30. The van der Waals surface area contributed by atoms with Gasteiger partial charge in [-0.15, -0.1) is 0 Å². The molecule has 1 aliphatic heterocycles. The zero-order chi connectivity index (χ0) is 13.7. The van der Waals surface area contributed by atoms with Crippen molar-refractivity contribution < 1.29 is 4.74 Å². The van der Waals surface area contributed by atoms with Crippen molar-refractivity contribution in [2.75, 3.05) is 33.4 Å². The number of hydrogen-bond donors (Lipinski definition) is 1. The predicted molar refractivity (Wildman–Crippen MR) is 79.4 cm³/mol. The van der Waals surface area contributed by atoms with Crippen LogP contribution in [0.1, 0.15) is 24.4 Å². The molecule has 3 nitrogen and oxygen atoms in total. The van der Waals surface area contributed by atoms with Gasteiger partial charge in [0.25, 0.3) is 0 Å². The average molecular weight is 283 g/mol. The molecule has 2 unspecified atom stereocenters. The standard InChI is InChI=1S/C15H23ClN2O/c1-19-11-12-5-4-8-18(10-12)15(9-17)13-6-2-3-7-14(13)16/h2-3,6-7,12,15H,4-5,8-11,17H2,1H3.